The van der Waals surface area contributed by atoms with Crippen molar-refractivity contribution < 1.29 is 22.3 Å². The van der Waals surface area contributed by atoms with Gasteiger partial charge < -0.3 is 22.8 Å². The van der Waals surface area contributed by atoms with E-state index in [4.69, 9.17) is 5.11 Å². The molecule has 0 unspecified atom stereocenters. The predicted octanol–water partition coefficient (Wildman–Crippen LogP) is 1.74. The standard InChI is InChI=1S/C21H15N3O2.ClH/c25-21(26)15-10-12-16(13-11-15)22-20-17-8-4-5-9-18(17)23-19(24-20)14-6-2-1-3-7-14;/h1-13H,(H,25,26)(H,22,23,24);1H/p-1. The Kier molecular flexibility index (Phi) is 5.33. The highest BCUT2D eigenvalue weighted by Crippen LogP contribution is 2.27. The zero-order valence-corrected chi connectivity index (χ0v) is 14.9. The molecule has 0 saturated heterocycles. The molecule has 0 atom stereocenters. The molecule has 6 heteroatoms. The summed E-state index contributed by atoms with van der Waals surface area (Å²) in [4.78, 5) is 20.3. The maximum Gasteiger partial charge on any atom is 0.335 e. The molecule has 0 aliphatic carbocycles. The van der Waals surface area contributed by atoms with Gasteiger partial charge in [-0.1, -0.05) is 42.5 Å². The minimum absolute atomic E-state index is 0. The molecule has 0 amide bonds. The van der Waals surface area contributed by atoms with Gasteiger partial charge in [0, 0.05) is 16.6 Å². The van der Waals surface area contributed by atoms with E-state index < -0.39 is 5.97 Å². The molecule has 27 heavy (non-hydrogen) atoms. The lowest BCUT2D eigenvalue weighted by Crippen LogP contribution is -3.00. The minimum Gasteiger partial charge on any atom is -1.00 e. The van der Waals surface area contributed by atoms with Crippen LogP contribution >= 0.6 is 0 Å². The second-order valence-corrected chi connectivity index (χ2v) is 5.79. The van der Waals surface area contributed by atoms with Crippen molar-refractivity contribution in [1.29, 1.82) is 0 Å². The number of aromatic carboxylic acids is 1. The van der Waals surface area contributed by atoms with Crippen molar-refractivity contribution in [3.05, 3.63) is 84.4 Å². The lowest BCUT2D eigenvalue weighted by Gasteiger charge is -2.11. The Bertz CT molecular complexity index is 1080. The van der Waals surface area contributed by atoms with Gasteiger partial charge in [0.2, 0.25) is 0 Å². The number of aromatic nitrogens is 2. The summed E-state index contributed by atoms with van der Waals surface area (Å²) in [6.07, 6.45) is 0. The van der Waals surface area contributed by atoms with E-state index in [0.29, 0.717) is 11.6 Å². The van der Waals surface area contributed by atoms with Crippen LogP contribution in [0.3, 0.4) is 0 Å². The van der Waals surface area contributed by atoms with Crippen LogP contribution in [0.5, 0.6) is 0 Å². The summed E-state index contributed by atoms with van der Waals surface area (Å²) in [5.74, 6) is 0.363. The van der Waals surface area contributed by atoms with Crippen LogP contribution < -0.4 is 17.7 Å². The molecule has 0 aliphatic heterocycles. The van der Waals surface area contributed by atoms with E-state index in [2.05, 4.69) is 15.3 Å². The first kappa shape index (κ1) is 18.4. The molecule has 1 heterocycles. The lowest BCUT2D eigenvalue weighted by molar-refractivity contribution is -0.0000207. The topological polar surface area (TPSA) is 75.1 Å². The number of carboxylic acid groups (broad SMARTS) is 1. The molecule has 0 bridgehead atoms. The molecule has 0 saturated carbocycles. The first-order valence-corrected chi connectivity index (χ1v) is 8.13. The smallest absolute Gasteiger partial charge is 0.335 e. The normalized spacial score (nSPS) is 10.2. The van der Waals surface area contributed by atoms with Gasteiger partial charge in [0.15, 0.2) is 5.82 Å². The van der Waals surface area contributed by atoms with Gasteiger partial charge in [-0.2, -0.15) is 0 Å². The summed E-state index contributed by atoms with van der Waals surface area (Å²) in [5, 5.41) is 13.2. The largest absolute Gasteiger partial charge is 1.00 e. The van der Waals surface area contributed by atoms with Crippen LogP contribution in [-0.2, 0) is 0 Å². The van der Waals surface area contributed by atoms with Crippen molar-refractivity contribution >= 4 is 28.4 Å². The second kappa shape index (κ2) is 7.85. The quantitative estimate of drug-likeness (QED) is 0.567. The van der Waals surface area contributed by atoms with Crippen molar-refractivity contribution in [3.8, 4) is 11.4 Å². The van der Waals surface area contributed by atoms with Gasteiger partial charge in [0.25, 0.3) is 0 Å². The zero-order valence-electron chi connectivity index (χ0n) is 14.1. The maximum absolute atomic E-state index is 11.0. The minimum atomic E-state index is -0.949. The number of benzene rings is 3. The number of para-hydroxylation sites is 1. The number of hydrogen-bond acceptors (Lipinski definition) is 4. The van der Waals surface area contributed by atoms with E-state index in [1.54, 1.807) is 24.3 Å². The second-order valence-electron chi connectivity index (χ2n) is 5.79. The van der Waals surface area contributed by atoms with Crippen LogP contribution in [0.2, 0.25) is 0 Å². The van der Waals surface area contributed by atoms with Crippen molar-refractivity contribution in [2.24, 2.45) is 0 Å². The molecule has 0 radical (unpaired) electrons. The Balaban J connectivity index is 0.00000210. The summed E-state index contributed by atoms with van der Waals surface area (Å²) in [6.45, 7) is 0. The van der Waals surface area contributed by atoms with E-state index >= 15 is 0 Å². The maximum atomic E-state index is 11.0. The van der Waals surface area contributed by atoms with Crippen molar-refractivity contribution in [3.63, 3.8) is 0 Å². The molecule has 0 spiro atoms. The van der Waals surface area contributed by atoms with Gasteiger partial charge in [0.05, 0.1) is 11.1 Å². The Labute approximate surface area is 162 Å². The third-order valence-electron chi connectivity index (χ3n) is 4.03. The van der Waals surface area contributed by atoms with E-state index in [0.717, 1.165) is 22.2 Å². The van der Waals surface area contributed by atoms with Gasteiger partial charge in [0.1, 0.15) is 5.82 Å². The molecular formula is C21H15ClN3O2-. The monoisotopic (exact) mass is 376 g/mol. The fourth-order valence-corrected chi connectivity index (χ4v) is 2.72. The number of fused-ring (bicyclic) bond motifs is 1. The molecule has 0 aliphatic rings. The zero-order chi connectivity index (χ0) is 17.9. The highest BCUT2D eigenvalue weighted by molar-refractivity contribution is 5.92. The third kappa shape index (κ3) is 3.88. The number of hydrogen-bond donors (Lipinski definition) is 2. The fraction of sp³-hybridized carbons (Fsp3) is 0. The Morgan fingerprint density at radius 1 is 0.815 bits per heavy atom. The van der Waals surface area contributed by atoms with Crippen molar-refractivity contribution in [2.45, 2.75) is 0 Å². The number of halogens is 1. The summed E-state index contributed by atoms with van der Waals surface area (Å²) in [7, 11) is 0. The van der Waals surface area contributed by atoms with Crippen LogP contribution in [0.4, 0.5) is 11.5 Å². The molecule has 3 aromatic carbocycles. The molecule has 4 aromatic rings. The van der Waals surface area contributed by atoms with Crippen LogP contribution in [0, 0.1) is 0 Å². The SMILES string of the molecule is O=C(O)c1ccc(Nc2nc(-c3ccccc3)nc3ccccc23)cc1.[Cl-]. The molecule has 5 nitrogen and oxygen atoms in total. The molecular weight excluding hydrogens is 362 g/mol. The van der Waals surface area contributed by atoms with Gasteiger partial charge in [-0.25, -0.2) is 14.8 Å². The molecule has 0 fully saturated rings. The highest BCUT2D eigenvalue weighted by atomic mass is 35.5. The number of anilines is 2. The Morgan fingerprint density at radius 3 is 2.19 bits per heavy atom. The summed E-state index contributed by atoms with van der Waals surface area (Å²) >= 11 is 0. The molecule has 134 valence electrons. The van der Waals surface area contributed by atoms with Gasteiger partial charge in [-0.05, 0) is 36.4 Å². The van der Waals surface area contributed by atoms with Crippen LogP contribution in [-0.4, -0.2) is 21.0 Å². The van der Waals surface area contributed by atoms with Crippen LogP contribution in [0.15, 0.2) is 78.9 Å². The number of carbonyl (C=O) groups is 1. The van der Waals surface area contributed by atoms with Crippen LogP contribution in [0.25, 0.3) is 22.3 Å². The van der Waals surface area contributed by atoms with E-state index in [1.165, 1.54) is 0 Å². The average molecular weight is 377 g/mol. The highest BCUT2D eigenvalue weighted by Gasteiger charge is 2.10. The first-order valence-electron chi connectivity index (χ1n) is 8.13. The Morgan fingerprint density at radius 2 is 1.48 bits per heavy atom. The van der Waals surface area contributed by atoms with Gasteiger partial charge in [-0.15, -0.1) is 0 Å². The lowest BCUT2D eigenvalue weighted by atomic mass is 10.1. The number of rotatable bonds is 4. The average Bonchev–Trinajstić information content (AvgIpc) is 2.69. The molecule has 1 aromatic heterocycles. The van der Waals surface area contributed by atoms with Crippen molar-refractivity contribution in [2.75, 3.05) is 5.32 Å². The van der Waals surface area contributed by atoms with Crippen LogP contribution in [0.1, 0.15) is 10.4 Å². The van der Waals surface area contributed by atoms with Crippen molar-refractivity contribution in [1.82, 2.24) is 9.97 Å². The van der Waals surface area contributed by atoms with Gasteiger partial charge >= 0.3 is 5.97 Å². The summed E-state index contributed by atoms with van der Waals surface area (Å²) in [6, 6.07) is 24.1. The first-order chi connectivity index (χ1) is 12.7. The number of nitrogens with zero attached hydrogens (tertiary/aromatic N) is 2. The van der Waals surface area contributed by atoms with E-state index in [-0.39, 0.29) is 18.0 Å². The predicted molar refractivity (Wildman–Crippen MR) is 102 cm³/mol. The Hall–Kier alpha value is -3.44. The van der Waals surface area contributed by atoms with E-state index in [9.17, 15) is 4.79 Å². The third-order valence-corrected chi connectivity index (χ3v) is 4.03. The molecule has 4 rings (SSSR count). The summed E-state index contributed by atoms with van der Waals surface area (Å²) in [5.41, 5.74) is 2.78. The van der Waals surface area contributed by atoms with E-state index in [1.807, 2.05) is 54.6 Å². The number of nitrogens with one attached hydrogen (secondary N) is 1. The van der Waals surface area contributed by atoms with Gasteiger partial charge in [-0.3, -0.25) is 0 Å². The summed E-state index contributed by atoms with van der Waals surface area (Å²) < 4.78 is 0. The fourth-order valence-electron chi connectivity index (χ4n) is 2.72. The molecule has 2 N–H and O–H groups in total. The number of carboxylic acids is 1.